The number of benzene rings is 2. The van der Waals surface area contributed by atoms with Crippen LogP contribution in [0.4, 0.5) is 4.39 Å². The number of nitrogens with zero attached hydrogens (tertiary/aromatic N) is 3. The minimum atomic E-state index is -0.420. The average Bonchev–Trinajstić information content (AvgIpc) is 3.21. The molecule has 1 N–H and O–H groups in total. The summed E-state index contributed by atoms with van der Waals surface area (Å²) < 4.78 is 14.9. The number of imidazole rings is 1. The van der Waals surface area contributed by atoms with Crippen LogP contribution in [0.2, 0.25) is 0 Å². The third-order valence-electron chi connectivity index (χ3n) is 4.58. The number of rotatable bonds is 8. The molecule has 0 radical (unpaired) electrons. The second kappa shape index (κ2) is 10.1. The first-order chi connectivity index (χ1) is 14.5. The van der Waals surface area contributed by atoms with E-state index in [1.807, 2.05) is 43.5 Å². The molecule has 0 spiro atoms. The molecule has 2 amide bonds. The Balaban J connectivity index is 1.71. The van der Waals surface area contributed by atoms with Gasteiger partial charge in [0, 0.05) is 18.8 Å². The Morgan fingerprint density at radius 3 is 2.47 bits per heavy atom. The fourth-order valence-corrected chi connectivity index (χ4v) is 3.56. The van der Waals surface area contributed by atoms with Crippen molar-refractivity contribution >= 4 is 23.6 Å². The quantitative estimate of drug-likeness (QED) is 0.560. The Bertz CT molecular complexity index is 1010. The summed E-state index contributed by atoms with van der Waals surface area (Å²) in [4.78, 5) is 31.3. The van der Waals surface area contributed by atoms with E-state index in [9.17, 15) is 14.0 Å². The standard InChI is InChI=1S/C22H23FN4O2S/c1-3-26(15-16-7-5-4-6-8-16)20(28)14-24-21(29)19-13-25-22(30-2)27(19)18-11-9-17(23)10-12-18/h4-13H,3,14-15H2,1-2H3,(H,24,29). The topological polar surface area (TPSA) is 67.2 Å². The van der Waals surface area contributed by atoms with Gasteiger partial charge in [0.15, 0.2) is 5.16 Å². The monoisotopic (exact) mass is 426 g/mol. The third-order valence-corrected chi connectivity index (χ3v) is 5.23. The second-order valence-electron chi connectivity index (χ2n) is 6.52. The zero-order valence-corrected chi connectivity index (χ0v) is 17.7. The SMILES string of the molecule is CCN(Cc1ccccc1)C(=O)CNC(=O)c1cnc(SC)n1-c1ccc(F)cc1. The highest BCUT2D eigenvalue weighted by molar-refractivity contribution is 7.98. The van der Waals surface area contributed by atoms with Crippen LogP contribution in [0.1, 0.15) is 23.0 Å². The number of nitrogens with one attached hydrogen (secondary N) is 1. The number of carbonyl (C=O) groups excluding carboxylic acids is 2. The van der Waals surface area contributed by atoms with Gasteiger partial charge in [0.05, 0.1) is 12.7 Å². The van der Waals surface area contributed by atoms with E-state index >= 15 is 0 Å². The van der Waals surface area contributed by atoms with Crippen molar-refractivity contribution in [2.45, 2.75) is 18.6 Å². The summed E-state index contributed by atoms with van der Waals surface area (Å²) in [5.74, 6) is -0.955. The van der Waals surface area contributed by atoms with E-state index in [1.165, 1.54) is 30.1 Å². The fourth-order valence-electron chi connectivity index (χ4n) is 3.02. The Kier molecular flexibility index (Phi) is 7.24. The highest BCUT2D eigenvalue weighted by atomic mass is 32.2. The van der Waals surface area contributed by atoms with Crippen LogP contribution in [-0.2, 0) is 11.3 Å². The molecule has 0 saturated heterocycles. The van der Waals surface area contributed by atoms with Gasteiger partial charge in [0.25, 0.3) is 5.91 Å². The summed E-state index contributed by atoms with van der Waals surface area (Å²) in [5.41, 5.74) is 1.93. The van der Waals surface area contributed by atoms with E-state index in [2.05, 4.69) is 10.3 Å². The summed E-state index contributed by atoms with van der Waals surface area (Å²) in [6.45, 7) is 2.80. The van der Waals surface area contributed by atoms with Crippen molar-refractivity contribution in [2.24, 2.45) is 0 Å². The predicted octanol–water partition coefficient (Wildman–Crippen LogP) is 3.51. The van der Waals surface area contributed by atoms with Crippen LogP contribution in [-0.4, -0.2) is 45.6 Å². The minimum Gasteiger partial charge on any atom is -0.342 e. The molecule has 0 atom stereocenters. The maximum Gasteiger partial charge on any atom is 0.270 e. The lowest BCUT2D eigenvalue weighted by atomic mass is 10.2. The molecule has 3 aromatic rings. The van der Waals surface area contributed by atoms with Crippen molar-refractivity contribution < 1.29 is 14.0 Å². The van der Waals surface area contributed by atoms with E-state index in [0.717, 1.165) is 5.56 Å². The number of carbonyl (C=O) groups is 2. The highest BCUT2D eigenvalue weighted by Crippen LogP contribution is 2.22. The van der Waals surface area contributed by atoms with Crippen molar-refractivity contribution in [1.82, 2.24) is 19.8 Å². The summed E-state index contributed by atoms with van der Waals surface area (Å²) in [5, 5.41) is 3.28. The smallest absolute Gasteiger partial charge is 0.270 e. The zero-order valence-electron chi connectivity index (χ0n) is 16.8. The predicted molar refractivity (Wildman–Crippen MR) is 115 cm³/mol. The normalized spacial score (nSPS) is 10.6. The Labute approximate surface area is 179 Å². The number of thioether (sulfide) groups is 1. The Morgan fingerprint density at radius 2 is 1.83 bits per heavy atom. The maximum absolute atomic E-state index is 13.3. The van der Waals surface area contributed by atoms with Crippen LogP contribution in [0.15, 0.2) is 66.0 Å². The van der Waals surface area contributed by atoms with Crippen LogP contribution in [0.3, 0.4) is 0 Å². The summed E-state index contributed by atoms with van der Waals surface area (Å²) in [6.07, 6.45) is 3.30. The summed E-state index contributed by atoms with van der Waals surface area (Å²) >= 11 is 1.37. The number of aromatic nitrogens is 2. The molecule has 0 aliphatic rings. The van der Waals surface area contributed by atoms with Gasteiger partial charge in [0.2, 0.25) is 5.91 Å². The molecule has 1 heterocycles. The van der Waals surface area contributed by atoms with E-state index in [1.54, 1.807) is 21.6 Å². The molecule has 156 valence electrons. The van der Waals surface area contributed by atoms with Gasteiger partial charge in [-0.15, -0.1) is 0 Å². The van der Waals surface area contributed by atoms with Crippen LogP contribution in [0, 0.1) is 5.82 Å². The van der Waals surface area contributed by atoms with Gasteiger partial charge < -0.3 is 10.2 Å². The maximum atomic E-state index is 13.3. The van der Waals surface area contributed by atoms with Crippen molar-refractivity contribution in [3.8, 4) is 5.69 Å². The first-order valence-corrected chi connectivity index (χ1v) is 10.7. The van der Waals surface area contributed by atoms with Crippen LogP contribution >= 0.6 is 11.8 Å². The third kappa shape index (κ3) is 5.07. The lowest BCUT2D eigenvalue weighted by Crippen LogP contribution is -2.40. The molecule has 8 heteroatoms. The second-order valence-corrected chi connectivity index (χ2v) is 7.29. The molecule has 0 aliphatic carbocycles. The Morgan fingerprint density at radius 1 is 1.13 bits per heavy atom. The first kappa shape index (κ1) is 21.6. The largest absolute Gasteiger partial charge is 0.342 e. The van der Waals surface area contributed by atoms with Gasteiger partial charge in [-0.05, 0) is 43.0 Å². The van der Waals surface area contributed by atoms with Crippen molar-refractivity contribution in [3.05, 3.63) is 77.9 Å². The molecule has 0 bridgehead atoms. The number of hydrogen-bond donors (Lipinski definition) is 1. The van der Waals surface area contributed by atoms with Gasteiger partial charge in [-0.3, -0.25) is 14.2 Å². The average molecular weight is 427 g/mol. The summed E-state index contributed by atoms with van der Waals surface area (Å²) in [6, 6.07) is 15.5. The van der Waals surface area contributed by atoms with E-state index in [4.69, 9.17) is 0 Å². The van der Waals surface area contributed by atoms with Crippen molar-refractivity contribution in [1.29, 1.82) is 0 Å². The van der Waals surface area contributed by atoms with Gasteiger partial charge in [-0.25, -0.2) is 9.37 Å². The van der Waals surface area contributed by atoms with Gasteiger partial charge >= 0.3 is 0 Å². The molecule has 0 aliphatic heterocycles. The number of halogens is 1. The van der Waals surface area contributed by atoms with Gasteiger partial charge in [-0.1, -0.05) is 42.1 Å². The molecule has 2 aromatic carbocycles. The number of likely N-dealkylation sites (N-methyl/N-ethyl adjacent to an activating group) is 1. The van der Waals surface area contributed by atoms with Crippen molar-refractivity contribution in [3.63, 3.8) is 0 Å². The molecular formula is C22H23FN4O2S. The molecule has 6 nitrogen and oxygen atoms in total. The van der Waals surface area contributed by atoms with Crippen molar-refractivity contribution in [2.75, 3.05) is 19.3 Å². The van der Waals surface area contributed by atoms with E-state index in [0.29, 0.717) is 23.9 Å². The highest BCUT2D eigenvalue weighted by Gasteiger charge is 2.20. The molecular weight excluding hydrogens is 403 g/mol. The van der Waals surface area contributed by atoms with Crippen LogP contribution < -0.4 is 5.32 Å². The number of hydrogen-bond acceptors (Lipinski definition) is 4. The van der Waals surface area contributed by atoms with Gasteiger partial charge in [0.1, 0.15) is 11.5 Å². The van der Waals surface area contributed by atoms with E-state index < -0.39 is 5.91 Å². The molecule has 1 aromatic heterocycles. The van der Waals surface area contributed by atoms with E-state index in [-0.39, 0.29) is 24.0 Å². The number of amides is 2. The van der Waals surface area contributed by atoms with Crippen LogP contribution in [0.25, 0.3) is 5.69 Å². The molecule has 0 fully saturated rings. The van der Waals surface area contributed by atoms with Crippen LogP contribution in [0.5, 0.6) is 0 Å². The fraction of sp³-hybridized carbons (Fsp3) is 0.227. The first-order valence-electron chi connectivity index (χ1n) is 9.51. The minimum absolute atomic E-state index is 0.122. The summed E-state index contributed by atoms with van der Waals surface area (Å²) in [7, 11) is 0. The van der Waals surface area contributed by atoms with Gasteiger partial charge in [-0.2, -0.15) is 0 Å². The zero-order chi connectivity index (χ0) is 21.5. The lowest BCUT2D eigenvalue weighted by Gasteiger charge is -2.21. The molecule has 0 saturated carbocycles. The molecule has 0 unspecified atom stereocenters. The molecule has 30 heavy (non-hydrogen) atoms. The Hall–Kier alpha value is -3.13. The lowest BCUT2D eigenvalue weighted by molar-refractivity contribution is -0.130. The molecule has 3 rings (SSSR count).